The van der Waals surface area contributed by atoms with Gasteiger partial charge in [0.1, 0.15) is 5.75 Å². The van der Waals surface area contributed by atoms with Gasteiger partial charge in [-0.1, -0.05) is 18.2 Å². The summed E-state index contributed by atoms with van der Waals surface area (Å²) in [6.45, 7) is 0.226. The van der Waals surface area contributed by atoms with Gasteiger partial charge >= 0.3 is 0 Å². The van der Waals surface area contributed by atoms with Crippen molar-refractivity contribution < 1.29 is 14.3 Å². The summed E-state index contributed by atoms with van der Waals surface area (Å²) in [6.07, 6.45) is 0. The highest BCUT2D eigenvalue weighted by molar-refractivity contribution is 6.29. The van der Waals surface area contributed by atoms with E-state index in [0.29, 0.717) is 5.56 Å². The van der Waals surface area contributed by atoms with Crippen molar-refractivity contribution in [2.75, 3.05) is 0 Å². The van der Waals surface area contributed by atoms with E-state index in [1.807, 2.05) is 0 Å². The summed E-state index contributed by atoms with van der Waals surface area (Å²) in [5.41, 5.74) is 0.638. The molecule has 1 heterocycles. The van der Waals surface area contributed by atoms with Crippen molar-refractivity contribution in [1.82, 2.24) is 5.32 Å². The zero-order chi connectivity index (χ0) is 12.3. The number of phenols is 1. The number of aromatic hydroxyl groups is 1. The van der Waals surface area contributed by atoms with Crippen LogP contribution in [-0.2, 0) is 6.54 Å². The van der Waals surface area contributed by atoms with Crippen molar-refractivity contribution >= 4 is 17.5 Å². The van der Waals surface area contributed by atoms with Gasteiger partial charge in [-0.2, -0.15) is 0 Å². The maximum absolute atomic E-state index is 11.6. The lowest BCUT2D eigenvalue weighted by atomic mass is 10.2. The Hall–Kier alpha value is -1.94. The molecule has 1 aromatic carbocycles. The number of hydrogen-bond acceptors (Lipinski definition) is 3. The van der Waals surface area contributed by atoms with Gasteiger partial charge in [0.2, 0.25) is 0 Å². The van der Waals surface area contributed by atoms with E-state index in [9.17, 15) is 9.90 Å². The van der Waals surface area contributed by atoms with Crippen molar-refractivity contribution in [3.63, 3.8) is 0 Å². The van der Waals surface area contributed by atoms with Crippen LogP contribution in [0, 0.1) is 0 Å². The molecule has 0 bridgehead atoms. The van der Waals surface area contributed by atoms with E-state index < -0.39 is 0 Å². The molecule has 0 aliphatic rings. The number of furan rings is 1. The van der Waals surface area contributed by atoms with Crippen LogP contribution in [0.15, 0.2) is 40.8 Å². The minimum Gasteiger partial charge on any atom is -0.508 e. The normalized spacial score (nSPS) is 10.2. The fraction of sp³-hybridized carbons (Fsp3) is 0.0833. The van der Waals surface area contributed by atoms with E-state index in [1.165, 1.54) is 12.1 Å². The van der Waals surface area contributed by atoms with Gasteiger partial charge in [-0.25, -0.2) is 0 Å². The number of carbonyl (C=O) groups is 1. The van der Waals surface area contributed by atoms with E-state index >= 15 is 0 Å². The minimum atomic E-state index is -0.375. The molecule has 1 amide bonds. The number of phenolic OH excluding ortho intramolecular Hbond substituents is 1. The highest BCUT2D eigenvalue weighted by atomic mass is 35.5. The molecule has 2 aromatic rings. The molecule has 0 saturated carbocycles. The summed E-state index contributed by atoms with van der Waals surface area (Å²) in [5.74, 6) is -0.0872. The molecule has 0 spiro atoms. The third kappa shape index (κ3) is 2.79. The Morgan fingerprint density at radius 3 is 2.71 bits per heavy atom. The van der Waals surface area contributed by atoms with Crippen molar-refractivity contribution in [1.29, 1.82) is 0 Å². The first-order valence-electron chi connectivity index (χ1n) is 4.97. The number of rotatable bonds is 3. The number of hydrogen-bond donors (Lipinski definition) is 2. The summed E-state index contributed by atoms with van der Waals surface area (Å²) >= 11 is 5.56. The Morgan fingerprint density at radius 1 is 1.29 bits per heavy atom. The van der Waals surface area contributed by atoms with E-state index in [2.05, 4.69) is 5.32 Å². The maximum atomic E-state index is 11.6. The van der Waals surface area contributed by atoms with Crippen LogP contribution >= 0.6 is 11.6 Å². The Bertz CT molecular complexity index is 536. The number of nitrogens with one attached hydrogen (secondary N) is 1. The number of carbonyl (C=O) groups excluding carboxylic acids is 1. The van der Waals surface area contributed by atoms with Crippen LogP contribution in [0.2, 0.25) is 5.22 Å². The Labute approximate surface area is 103 Å². The zero-order valence-corrected chi connectivity index (χ0v) is 9.57. The highest BCUT2D eigenvalue weighted by Gasteiger charge is 2.10. The van der Waals surface area contributed by atoms with Crippen LogP contribution in [0.5, 0.6) is 5.75 Å². The first-order valence-corrected chi connectivity index (χ1v) is 5.35. The van der Waals surface area contributed by atoms with Crippen molar-refractivity contribution in [2.45, 2.75) is 6.54 Å². The Balaban J connectivity index is 1.99. The summed E-state index contributed by atoms with van der Waals surface area (Å²) < 4.78 is 4.95. The smallest absolute Gasteiger partial charge is 0.287 e. The molecule has 0 atom stereocenters. The predicted molar refractivity (Wildman–Crippen MR) is 63.0 cm³/mol. The van der Waals surface area contributed by atoms with E-state index in [4.69, 9.17) is 16.0 Å². The van der Waals surface area contributed by atoms with E-state index in [1.54, 1.807) is 24.3 Å². The van der Waals surface area contributed by atoms with Gasteiger partial charge in [0.25, 0.3) is 5.91 Å². The molecule has 0 aliphatic heterocycles. The molecule has 2 N–H and O–H groups in total. The Kier molecular flexibility index (Phi) is 3.35. The van der Waals surface area contributed by atoms with Crippen molar-refractivity contribution in [2.24, 2.45) is 0 Å². The average Bonchev–Trinajstić information content (AvgIpc) is 2.74. The second-order valence-electron chi connectivity index (χ2n) is 3.42. The largest absolute Gasteiger partial charge is 0.508 e. The molecule has 0 radical (unpaired) electrons. The molecule has 1 aromatic heterocycles. The van der Waals surface area contributed by atoms with Gasteiger partial charge in [-0.3, -0.25) is 4.79 Å². The highest BCUT2D eigenvalue weighted by Crippen LogP contribution is 2.16. The summed E-state index contributed by atoms with van der Waals surface area (Å²) in [6, 6.07) is 9.77. The molecule has 2 rings (SSSR count). The van der Waals surface area contributed by atoms with Crippen LogP contribution in [0.25, 0.3) is 0 Å². The molecule has 0 saturated heterocycles. The molecule has 17 heavy (non-hydrogen) atoms. The first kappa shape index (κ1) is 11.5. The summed E-state index contributed by atoms with van der Waals surface area (Å²) in [7, 11) is 0. The fourth-order valence-corrected chi connectivity index (χ4v) is 1.51. The molecular weight excluding hydrogens is 242 g/mol. The van der Waals surface area contributed by atoms with Gasteiger partial charge in [-0.15, -0.1) is 0 Å². The zero-order valence-electron chi connectivity index (χ0n) is 8.81. The number of benzene rings is 1. The SMILES string of the molecule is O=C(NCc1ccccc1O)c1ccc(Cl)o1. The number of amides is 1. The van der Waals surface area contributed by atoms with Gasteiger partial charge in [0.15, 0.2) is 11.0 Å². The summed E-state index contributed by atoms with van der Waals surface area (Å²) in [5, 5.41) is 12.3. The van der Waals surface area contributed by atoms with Crippen LogP contribution in [0.1, 0.15) is 16.1 Å². The molecule has 4 nitrogen and oxygen atoms in total. The predicted octanol–water partition coefficient (Wildman–Crippen LogP) is 2.57. The standard InChI is InChI=1S/C12H10ClNO3/c13-11-6-5-10(17-11)12(16)14-7-8-3-1-2-4-9(8)15/h1-6,15H,7H2,(H,14,16). The van der Waals surface area contributed by atoms with E-state index in [0.717, 1.165) is 0 Å². The first-order chi connectivity index (χ1) is 8.16. The third-order valence-electron chi connectivity index (χ3n) is 2.23. The van der Waals surface area contributed by atoms with Crippen LogP contribution in [0.3, 0.4) is 0 Å². The molecule has 88 valence electrons. The number of halogens is 1. The average molecular weight is 252 g/mol. The van der Waals surface area contributed by atoms with Gasteiger partial charge in [-0.05, 0) is 29.8 Å². The van der Waals surface area contributed by atoms with Crippen LogP contribution < -0.4 is 5.32 Å². The lowest BCUT2D eigenvalue weighted by Crippen LogP contribution is -2.22. The van der Waals surface area contributed by atoms with Crippen LogP contribution in [0.4, 0.5) is 0 Å². The van der Waals surface area contributed by atoms with E-state index in [-0.39, 0.29) is 29.2 Å². The van der Waals surface area contributed by atoms with Gasteiger partial charge < -0.3 is 14.8 Å². The molecule has 0 unspecified atom stereocenters. The molecule has 0 fully saturated rings. The lowest BCUT2D eigenvalue weighted by molar-refractivity contribution is 0.0923. The molecule has 0 aliphatic carbocycles. The maximum Gasteiger partial charge on any atom is 0.287 e. The van der Waals surface area contributed by atoms with Gasteiger partial charge in [0.05, 0.1) is 0 Å². The second-order valence-corrected chi connectivity index (χ2v) is 3.79. The fourth-order valence-electron chi connectivity index (χ4n) is 1.36. The Morgan fingerprint density at radius 2 is 2.06 bits per heavy atom. The molecular formula is C12H10ClNO3. The topological polar surface area (TPSA) is 62.5 Å². The van der Waals surface area contributed by atoms with Gasteiger partial charge in [0, 0.05) is 12.1 Å². The monoisotopic (exact) mass is 251 g/mol. The molecule has 5 heteroatoms. The number of para-hydroxylation sites is 1. The lowest BCUT2D eigenvalue weighted by Gasteiger charge is -2.05. The van der Waals surface area contributed by atoms with Crippen molar-refractivity contribution in [3.8, 4) is 5.75 Å². The quantitative estimate of drug-likeness (QED) is 0.881. The van der Waals surface area contributed by atoms with Crippen molar-refractivity contribution in [3.05, 3.63) is 52.9 Å². The second kappa shape index (κ2) is 4.93. The summed E-state index contributed by atoms with van der Waals surface area (Å²) in [4.78, 5) is 11.6. The minimum absolute atomic E-state index is 0.144. The third-order valence-corrected chi connectivity index (χ3v) is 2.43. The van der Waals surface area contributed by atoms with Crippen LogP contribution in [-0.4, -0.2) is 11.0 Å².